The van der Waals surface area contributed by atoms with Crippen LogP contribution in [0.15, 0.2) is 24.3 Å². The maximum Gasteiger partial charge on any atom is 0.341 e. The molecule has 28 heavy (non-hydrogen) atoms. The molecule has 2 aromatic rings. The van der Waals surface area contributed by atoms with Gasteiger partial charge in [-0.05, 0) is 55.9 Å². The van der Waals surface area contributed by atoms with Gasteiger partial charge in [0, 0.05) is 31.2 Å². The Bertz CT molecular complexity index is 843. The normalized spacial score (nSPS) is 12.8. The van der Waals surface area contributed by atoms with Crippen LogP contribution in [-0.2, 0) is 24.1 Å². The average molecular weight is 402 g/mol. The maximum absolute atomic E-state index is 12.5. The van der Waals surface area contributed by atoms with Crippen molar-refractivity contribution < 1.29 is 14.3 Å². The number of carbonyl (C=O) groups excluding carboxylic acids is 2. The molecule has 0 atom stereocenters. The number of rotatable bonds is 6. The Kier molecular flexibility index (Phi) is 6.57. The molecule has 0 aliphatic heterocycles. The molecule has 3 rings (SSSR count). The van der Waals surface area contributed by atoms with Crippen molar-refractivity contribution in [2.24, 2.45) is 0 Å². The van der Waals surface area contributed by atoms with E-state index in [2.05, 4.69) is 10.6 Å². The minimum Gasteiger partial charge on any atom is -0.462 e. The Balaban J connectivity index is 1.68. The Morgan fingerprint density at radius 1 is 1.14 bits per heavy atom. The van der Waals surface area contributed by atoms with E-state index in [9.17, 15) is 9.59 Å². The number of fused-ring (bicyclic) bond motifs is 1. The summed E-state index contributed by atoms with van der Waals surface area (Å²) in [7, 11) is 3.98. The lowest BCUT2D eigenvalue weighted by atomic mass is 9.95. The van der Waals surface area contributed by atoms with Crippen molar-refractivity contribution >= 4 is 34.0 Å². The van der Waals surface area contributed by atoms with Crippen LogP contribution in [0.1, 0.15) is 46.1 Å². The minimum atomic E-state index is -0.350. The number of ether oxygens (including phenoxy) is 1. The van der Waals surface area contributed by atoms with Crippen molar-refractivity contribution in [2.75, 3.05) is 30.9 Å². The largest absolute Gasteiger partial charge is 0.462 e. The molecule has 2 N–H and O–H groups in total. The molecule has 2 amide bonds. The number of hydrogen-bond acceptors (Lipinski definition) is 5. The van der Waals surface area contributed by atoms with Crippen molar-refractivity contribution in [3.8, 4) is 0 Å². The summed E-state index contributed by atoms with van der Waals surface area (Å²) in [5.41, 5.74) is 3.70. The molecular weight excluding hydrogens is 374 g/mol. The zero-order chi connectivity index (χ0) is 20.1. The first-order valence-electron chi connectivity index (χ1n) is 9.62. The number of aryl methyl sites for hydroxylation is 1. The third kappa shape index (κ3) is 4.65. The first kappa shape index (κ1) is 20.2. The third-order valence-electron chi connectivity index (χ3n) is 4.78. The molecule has 0 unspecified atom stereocenters. The number of benzene rings is 1. The number of urea groups is 1. The number of anilines is 2. The number of nitrogens with zero attached hydrogens (tertiary/aromatic N) is 1. The van der Waals surface area contributed by atoms with E-state index in [-0.39, 0.29) is 12.0 Å². The van der Waals surface area contributed by atoms with Gasteiger partial charge in [-0.1, -0.05) is 12.1 Å². The molecule has 1 aliphatic carbocycles. The fraction of sp³-hybridized carbons (Fsp3) is 0.429. The van der Waals surface area contributed by atoms with Crippen LogP contribution in [0.2, 0.25) is 0 Å². The Labute approximate surface area is 169 Å². The first-order chi connectivity index (χ1) is 13.5. The average Bonchev–Trinajstić information content (AvgIpc) is 3.04. The predicted octanol–water partition coefficient (Wildman–Crippen LogP) is 4.19. The fourth-order valence-corrected chi connectivity index (χ4v) is 4.59. The molecule has 1 aliphatic rings. The molecule has 0 radical (unpaired) electrons. The van der Waals surface area contributed by atoms with Gasteiger partial charge in [-0.3, -0.25) is 5.32 Å². The lowest BCUT2D eigenvalue weighted by Crippen LogP contribution is -2.28. The van der Waals surface area contributed by atoms with Gasteiger partial charge in [0.2, 0.25) is 0 Å². The minimum absolute atomic E-state index is 0.317. The van der Waals surface area contributed by atoms with Crippen LogP contribution in [0.25, 0.3) is 0 Å². The number of thiophene rings is 1. The molecular formula is C21H27N3O3S. The van der Waals surface area contributed by atoms with Crippen LogP contribution in [-0.4, -0.2) is 32.7 Å². The number of esters is 1. The maximum atomic E-state index is 12.5. The van der Waals surface area contributed by atoms with E-state index in [4.69, 9.17) is 4.74 Å². The van der Waals surface area contributed by atoms with Crippen molar-refractivity contribution in [3.63, 3.8) is 0 Å². The molecule has 7 heteroatoms. The summed E-state index contributed by atoms with van der Waals surface area (Å²) < 4.78 is 5.23. The van der Waals surface area contributed by atoms with Crippen molar-refractivity contribution in [1.82, 2.24) is 5.32 Å². The number of hydrogen-bond donors (Lipinski definition) is 2. The molecule has 1 aromatic heterocycles. The predicted molar refractivity (Wildman–Crippen MR) is 114 cm³/mol. The smallest absolute Gasteiger partial charge is 0.341 e. The lowest BCUT2D eigenvalue weighted by molar-refractivity contribution is 0.0526. The summed E-state index contributed by atoms with van der Waals surface area (Å²) in [5.74, 6) is -0.350. The molecule has 0 fully saturated rings. The van der Waals surface area contributed by atoms with Crippen molar-refractivity contribution in [1.29, 1.82) is 0 Å². The van der Waals surface area contributed by atoms with Gasteiger partial charge in [0.05, 0.1) is 12.2 Å². The van der Waals surface area contributed by atoms with E-state index in [1.807, 2.05) is 43.3 Å². The molecule has 1 aromatic carbocycles. The zero-order valence-electron chi connectivity index (χ0n) is 16.6. The first-order valence-corrected chi connectivity index (χ1v) is 10.4. The van der Waals surface area contributed by atoms with Gasteiger partial charge in [-0.25, -0.2) is 9.59 Å². The standard InChI is InChI=1S/C21H27N3O3S/c1-4-27-20(25)18-16-7-5-6-8-17(16)28-19(18)23-21(26)22-13-14-9-11-15(12-10-14)24(2)3/h9-12H,4-8,13H2,1-3H3,(H2,22,23,26). The zero-order valence-corrected chi connectivity index (χ0v) is 17.4. The van der Waals surface area contributed by atoms with Crippen LogP contribution >= 0.6 is 11.3 Å². The molecule has 0 saturated carbocycles. The summed E-state index contributed by atoms with van der Waals surface area (Å²) in [6.07, 6.45) is 3.99. The van der Waals surface area contributed by atoms with Crippen molar-refractivity contribution in [2.45, 2.75) is 39.2 Å². The van der Waals surface area contributed by atoms with Crippen LogP contribution in [0, 0.1) is 0 Å². The summed E-state index contributed by atoms with van der Waals surface area (Å²) in [6.45, 7) is 2.52. The Morgan fingerprint density at radius 2 is 1.86 bits per heavy atom. The van der Waals surface area contributed by atoms with E-state index in [1.54, 1.807) is 6.92 Å². The highest BCUT2D eigenvalue weighted by Crippen LogP contribution is 2.38. The quantitative estimate of drug-likeness (QED) is 0.712. The van der Waals surface area contributed by atoms with Gasteiger partial charge >= 0.3 is 12.0 Å². The van der Waals surface area contributed by atoms with Gasteiger partial charge in [-0.15, -0.1) is 11.3 Å². The van der Waals surface area contributed by atoms with Gasteiger partial charge < -0.3 is 15.0 Å². The van der Waals surface area contributed by atoms with E-state index in [0.717, 1.165) is 42.5 Å². The van der Waals surface area contributed by atoms with Gasteiger partial charge in [-0.2, -0.15) is 0 Å². The highest BCUT2D eigenvalue weighted by molar-refractivity contribution is 7.17. The summed E-state index contributed by atoms with van der Waals surface area (Å²) in [6, 6.07) is 7.69. The SMILES string of the molecule is CCOC(=O)c1c(NC(=O)NCc2ccc(N(C)C)cc2)sc2c1CCCC2. The van der Waals surface area contributed by atoms with Crippen molar-refractivity contribution in [3.05, 3.63) is 45.8 Å². The van der Waals surface area contributed by atoms with Gasteiger partial charge in [0.1, 0.15) is 5.00 Å². The Hall–Kier alpha value is -2.54. The monoisotopic (exact) mass is 401 g/mol. The molecule has 150 valence electrons. The molecule has 0 bridgehead atoms. The Morgan fingerprint density at radius 3 is 2.54 bits per heavy atom. The number of carbonyl (C=O) groups is 2. The van der Waals surface area contributed by atoms with E-state index >= 15 is 0 Å². The van der Waals surface area contributed by atoms with Crippen LogP contribution in [0.4, 0.5) is 15.5 Å². The summed E-state index contributed by atoms with van der Waals surface area (Å²) in [4.78, 5) is 28.1. The van der Waals surface area contributed by atoms with Gasteiger partial charge in [0.15, 0.2) is 0 Å². The second-order valence-electron chi connectivity index (χ2n) is 7.00. The van der Waals surface area contributed by atoms with Crippen LogP contribution in [0.5, 0.6) is 0 Å². The van der Waals surface area contributed by atoms with E-state index in [1.165, 1.54) is 16.2 Å². The van der Waals surface area contributed by atoms with Gasteiger partial charge in [0.25, 0.3) is 0 Å². The second-order valence-corrected chi connectivity index (χ2v) is 8.11. The highest BCUT2D eigenvalue weighted by Gasteiger charge is 2.27. The number of nitrogens with one attached hydrogen (secondary N) is 2. The topological polar surface area (TPSA) is 70.7 Å². The van der Waals surface area contributed by atoms with Crippen LogP contribution < -0.4 is 15.5 Å². The molecule has 0 spiro atoms. The molecule has 6 nitrogen and oxygen atoms in total. The van der Waals surface area contributed by atoms with E-state index in [0.29, 0.717) is 23.7 Å². The summed E-state index contributed by atoms with van der Waals surface area (Å²) >= 11 is 1.49. The third-order valence-corrected chi connectivity index (χ3v) is 5.99. The highest BCUT2D eigenvalue weighted by atomic mass is 32.1. The summed E-state index contributed by atoms with van der Waals surface area (Å²) in [5, 5.41) is 6.32. The molecule has 1 heterocycles. The second kappa shape index (κ2) is 9.10. The van der Waals surface area contributed by atoms with Crippen LogP contribution in [0.3, 0.4) is 0 Å². The fourth-order valence-electron chi connectivity index (χ4n) is 3.31. The number of amides is 2. The lowest BCUT2D eigenvalue weighted by Gasteiger charge is -2.13. The van der Waals surface area contributed by atoms with E-state index < -0.39 is 0 Å². The molecule has 0 saturated heterocycles.